The Balaban J connectivity index is 2.45. The number of hydrogen-bond donors (Lipinski definition) is 1. The second kappa shape index (κ2) is 4.09. The summed E-state index contributed by atoms with van der Waals surface area (Å²) in [6.07, 6.45) is 1.41. The Bertz CT molecular complexity index is 231. The van der Waals surface area contributed by atoms with Gasteiger partial charge in [0.1, 0.15) is 0 Å². The summed E-state index contributed by atoms with van der Waals surface area (Å²) in [5.41, 5.74) is 1.21. The van der Waals surface area contributed by atoms with Crippen molar-refractivity contribution in [2.45, 2.75) is 12.8 Å². The van der Waals surface area contributed by atoms with Crippen LogP contribution in [0.3, 0.4) is 0 Å². The SMILES string of the molecule is OC(=S)CCc1ccccc1. The molecule has 0 atom stereocenters. The molecule has 0 aliphatic carbocycles. The summed E-state index contributed by atoms with van der Waals surface area (Å²) in [4.78, 5) is 0. The molecular formula is C9H10OS. The fraction of sp³-hybridized carbons (Fsp3) is 0.222. The van der Waals surface area contributed by atoms with Crippen molar-refractivity contribution in [2.75, 3.05) is 0 Å². The van der Waals surface area contributed by atoms with E-state index in [1.807, 2.05) is 30.3 Å². The minimum Gasteiger partial charge on any atom is -0.502 e. The Kier molecular flexibility index (Phi) is 3.05. The van der Waals surface area contributed by atoms with Crippen LogP contribution in [0, 0.1) is 0 Å². The van der Waals surface area contributed by atoms with Crippen molar-refractivity contribution in [1.82, 2.24) is 0 Å². The summed E-state index contributed by atoms with van der Waals surface area (Å²) < 4.78 is 0. The zero-order valence-corrected chi connectivity index (χ0v) is 6.97. The molecule has 1 aromatic rings. The first kappa shape index (κ1) is 8.21. The van der Waals surface area contributed by atoms with Crippen LogP contribution in [0.15, 0.2) is 30.3 Å². The minimum absolute atomic E-state index is 0.0915. The molecule has 0 bridgehead atoms. The molecule has 0 saturated heterocycles. The highest BCUT2D eigenvalue weighted by atomic mass is 32.1. The highest BCUT2D eigenvalue weighted by molar-refractivity contribution is 7.80. The van der Waals surface area contributed by atoms with Gasteiger partial charge in [-0.1, -0.05) is 30.3 Å². The maximum absolute atomic E-state index is 8.75. The molecule has 0 aromatic heterocycles. The molecule has 0 saturated carbocycles. The zero-order chi connectivity index (χ0) is 8.10. The van der Waals surface area contributed by atoms with Crippen molar-refractivity contribution in [2.24, 2.45) is 0 Å². The molecule has 58 valence electrons. The number of hydrogen-bond acceptors (Lipinski definition) is 1. The van der Waals surface area contributed by atoms with Gasteiger partial charge in [0.05, 0.1) is 0 Å². The Hall–Kier alpha value is -0.890. The Labute approximate surface area is 71.7 Å². The number of aliphatic hydroxyl groups is 1. The van der Waals surface area contributed by atoms with Crippen LogP contribution in [0.4, 0.5) is 0 Å². The van der Waals surface area contributed by atoms with Crippen LogP contribution >= 0.6 is 12.2 Å². The van der Waals surface area contributed by atoms with Gasteiger partial charge < -0.3 is 5.11 Å². The first-order chi connectivity index (χ1) is 5.29. The molecule has 1 rings (SSSR count). The van der Waals surface area contributed by atoms with Gasteiger partial charge in [-0.3, -0.25) is 0 Å². The molecule has 0 radical (unpaired) electrons. The van der Waals surface area contributed by atoms with Crippen molar-refractivity contribution in [1.29, 1.82) is 0 Å². The van der Waals surface area contributed by atoms with Crippen LogP contribution in [0.25, 0.3) is 0 Å². The molecule has 1 nitrogen and oxygen atoms in total. The van der Waals surface area contributed by atoms with Gasteiger partial charge in [-0.15, -0.1) is 0 Å². The van der Waals surface area contributed by atoms with E-state index >= 15 is 0 Å². The average molecular weight is 166 g/mol. The third kappa shape index (κ3) is 3.14. The van der Waals surface area contributed by atoms with Crippen molar-refractivity contribution in [3.63, 3.8) is 0 Å². The van der Waals surface area contributed by atoms with Gasteiger partial charge in [0.25, 0.3) is 0 Å². The van der Waals surface area contributed by atoms with Crippen LogP contribution in [0.2, 0.25) is 0 Å². The van der Waals surface area contributed by atoms with Crippen molar-refractivity contribution < 1.29 is 5.11 Å². The summed E-state index contributed by atoms with van der Waals surface area (Å²) in [5, 5.41) is 8.84. The molecule has 1 N–H and O–H groups in total. The maximum atomic E-state index is 8.75. The molecule has 11 heavy (non-hydrogen) atoms. The highest BCUT2D eigenvalue weighted by Gasteiger charge is 1.93. The monoisotopic (exact) mass is 166 g/mol. The van der Waals surface area contributed by atoms with Crippen molar-refractivity contribution >= 4 is 17.3 Å². The lowest BCUT2D eigenvalue weighted by atomic mass is 10.1. The first-order valence-corrected chi connectivity index (χ1v) is 3.95. The summed E-state index contributed by atoms with van der Waals surface area (Å²) in [5.74, 6) is 0. The van der Waals surface area contributed by atoms with Gasteiger partial charge >= 0.3 is 0 Å². The number of aryl methyl sites for hydroxylation is 1. The molecule has 0 aliphatic rings. The van der Waals surface area contributed by atoms with Crippen LogP contribution in [0.5, 0.6) is 0 Å². The lowest BCUT2D eigenvalue weighted by Gasteiger charge is -1.97. The Morgan fingerprint density at radius 1 is 1.27 bits per heavy atom. The summed E-state index contributed by atoms with van der Waals surface area (Å²) >= 11 is 4.55. The lowest BCUT2D eigenvalue weighted by Crippen LogP contribution is -1.94. The second-order valence-electron chi connectivity index (χ2n) is 2.38. The first-order valence-electron chi connectivity index (χ1n) is 3.55. The van der Waals surface area contributed by atoms with Gasteiger partial charge in [0.2, 0.25) is 0 Å². The van der Waals surface area contributed by atoms with E-state index in [0.717, 1.165) is 6.42 Å². The van der Waals surface area contributed by atoms with Gasteiger partial charge in [0, 0.05) is 6.42 Å². The van der Waals surface area contributed by atoms with Gasteiger partial charge in [-0.25, -0.2) is 0 Å². The second-order valence-corrected chi connectivity index (χ2v) is 2.85. The Morgan fingerprint density at radius 2 is 1.91 bits per heavy atom. The maximum Gasteiger partial charge on any atom is 0.156 e. The predicted molar refractivity (Wildman–Crippen MR) is 50.0 cm³/mol. The quantitative estimate of drug-likeness (QED) is 0.696. The lowest BCUT2D eigenvalue weighted by molar-refractivity contribution is 0.548. The number of thiocarbonyl (C=S) groups is 1. The van der Waals surface area contributed by atoms with E-state index in [1.165, 1.54) is 5.56 Å². The Morgan fingerprint density at radius 3 is 2.45 bits per heavy atom. The standard InChI is InChI=1S/C9H10OS/c10-9(11)7-6-8-4-2-1-3-5-8/h1-5H,6-7H2,(H,10,11). The topological polar surface area (TPSA) is 20.2 Å². The van der Waals surface area contributed by atoms with E-state index in [4.69, 9.17) is 5.11 Å². The predicted octanol–water partition coefficient (Wildman–Crippen LogP) is 2.50. The fourth-order valence-corrected chi connectivity index (χ4v) is 0.998. The van der Waals surface area contributed by atoms with Crippen molar-refractivity contribution in [3.8, 4) is 0 Å². The fourth-order valence-electron chi connectivity index (χ4n) is 0.896. The van der Waals surface area contributed by atoms with E-state index in [-0.39, 0.29) is 5.05 Å². The van der Waals surface area contributed by atoms with Crippen LogP contribution in [-0.4, -0.2) is 10.2 Å². The summed E-state index contributed by atoms with van der Waals surface area (Å²) in [6, 6.07) is 9.99. The molecule has 1 aromatic carbocycles. The highest BCUT2D eigenvalue weighted by Crippen LogP contribution is 2.02. The van der Waals surface area contributed by atoms with Gasteiger partial charge in [-0.05, 0) is 24.2 Å². The molecule has 0 spiro atoms. The van der Waals surface area contributed by atoms with E-state index in [0.29, 0.717) is 6.42 Å². The van der Waals surface area contributed by atoms with Crippen molar-refractivity contribution in [3.05, 3.63) is 35.9 Å². The van der Waals surface area contributed by atoms with Crippen LogP contribution < -0.4 is 0 Å². The molecule has 0 unspecified atom stereocenters. The van der Waals surface area contributed by atoms with E-state index < -0.39 is 0 Å². The average Bonchev–Trinajstić information content (AvgIpc) is 2.03. The van der Waals surface area contributed by atoms with E-state index in [1.54, 1.807) is 0 Å². The molecule has 0 fully saturated rings. The van der Waals surface area contributed by atoms with Gasteiger partial charge in [0.15, 0.2) is 5.05 Å². The minimum atomic E-state index is 0.0915. The zero-order valence-electron chi connectivity index (χ0n) is 6.16. The smallest absolute Gasteiger partial charge is 0.156 e. The molecule has 0 heterocycles. The number of aliphatic hydroxyl groups excluding tert-OH is 1. The molecule has 0 aliphatic heterocycles. The number of rotatable bonds is 3. The normalized spacial score (nSPS) is 9.45. The third-order valence-electron chi connectivity index (χ3n) is 1.47. The summed E-state index contributed by atoms with van der Waals surface area (Å²) in [6.45, 7) is 0. The van der Waals surface area contributed by atoms with Gasteiger partial charge in [-0.2, -0.15) is 0 Å². The number of benzene rings is 1. The van der Waals surface area contributed by atoms with Crippen LogP contribution in [-0.2, 0) is 6.42 Å². The molecule has 0 amide bonds. The largest absolute Gasteiger partial charge is 0.502 e. The molecular weight excluding hydrogens is 156 g/mol. The summed E-state index contributed by atoms with van der Waals surface area (Å²) in [7, 11) is 0. The van der Waals surface area contributed by atoms with Crippen LogP contribution in [0.1, 0.15) is 12.0 Å². The van der Waals surface area contributed by atoms with E-state index in [9.17, 15) is 0 Å². The van der Waals surface area contributed by atoms with E-state index in [2.05, 4.69) is 12.2 Å². The third-order valence-corrected chi connectivity index (χ3v) is 1.67. The molecule has 2 heteroatoms.